The van der Waals surface area contributed by atoms with Gasteiger partial charge in [-0.2, -0.15) is 0 Å². The Morgan fingerprint density at radius 1 is 1.40 bits per heavy atom. The Labute approximate surface area is 89.9 Å². The summed E-state index contributed by atoms with van der Waals surface area (Å²) in [7, 11) is 0. The lowest BCUT2D eigenvalue weighted by Gasteiger charge is -2.18. The van der Waals surface area contributed by atoms with Gasteiger partial charge in [-0.1, -0.05) is 26.8 Å². The second-order valence-corrected chi connectivity index (χ2v) is 4.96. The minimum atomic E-state index is -0.969. The molecule has 1 aromatic rings. The van der Waals surface area contributed by atoms with E-state index in [-0.39, 0.29) is 11.0 Å². The molecule has 0 heterocycles. The van der Waals surface area contributed by atoms with Gasteiger partial charge in [0.1, 0.15) is 0 Å². The van der Waals surface area contributed by atoms with E-state index in [0.29, 0.717) is 5.69 Å². The van der Waals surface area contributed by atoms with E-state index in [4.69, 9.17) is 10.8 Å². The molecule has 0 spiro atoms. The first-order chi connectivity index (χ1) is 6.79. The summed E-state index contributed by atoms with van der Waals surface area (Å²) in [6.45, 7) is 6.34. The Kier molecular flexibility index (Phi) is 3.03. The molecule has 0 fully saturated rings. The van der Waals surface area contributed by atoms with Crippen molar-refractivity contribution in [2.24, 2.45) is 5.41 Å². The quantitative estimate of drug-likeness (QED) is 0.732. The topological polar surface area (TPSA) is 63.3 Å². The average Bonchev–Trinajstić information content (AvgIpc) is 2.05. The van der Waals surface area contributed by atoms with Crippen molar-refractivity contribution in [3.63, 3.8) is 0 Å². The largest absolute Gasteiger partial charge is 0.478 e. The number of nitrogen functional groups attached to an aromatic ring is 1. The number of carboxylic acid groups (broad SMARTS) is 1. The minimum absolute atomic E-state index is 0.145. The van der Waals surface area contributed by atoms with Gasteiger partial charge in [0.25, 0.3) is 0 Å². The predicted octanol–water partition coefficient (Wildman–Crippen LogP) is 2.56. The molecule has 3 N–H and O–H groups in total. The summed E-state index contributed by atoms with van der Waals surface area (Å²) in [5.74, 6) is -0.969. The molecule has 1 rings (SSSR count). The fraction of sp³-hybridized carbons (Fsp3) is 0.417. The number of benzene rings is 1. The highest BCUT2D eigenvalue weighted by atomic mass is 16.4. The molecule has 0 bridgehead atoms. The lowest BCUT2D eigenvalue weighted by molar-refractivity contribution is 0.0698. The SMILES string of the molecule is CC(C)(C)Cc1ccc(N)c(C(=O)O)c1. The number of rotatable bonds is 2. The van der Waals surface area contributed by atoms with Gasteiger partial charge >= 0.3 is 5.97 Å². The first kappa shape index (κ1) is 11.6. The molecule has 0 amide bonds. The van der Waals surface area contributed by atoms with E-state index < -0.39 is 5.97 Å². The van der Waals surface area contributed by atoms with Crippen molar-refractivity contribution in [2.75, 3.05) is 5.73 Å². The second-order valence-electron chi connectivity index (χ2n) is 4.96. The zero-order valence-corrected chi connectivity index (χ0v) is 9.37. The lowest BCUT2D eigenvalue weighted by Crippen LogP contribution is -2.10. The number of aromatic carboxylic acids is 1. The molecule has 0 saturated carbocycles. The fourth-order valence-corrected chi connectivity index (χ4v) is 1.51. The highest BCUT2D eigenvalue weighted by Gasteiger charge is 2.14. The van der Waals surface area contributed by atoms with Crippen LogP contribution in [0.15, 0.2) is 18.2 Å². The summed E-state index contributed by atoms with van der Waals surface area (Å²) >= 11 is 0. The Morgan fingerprint density at radius 2 is 2.00 bits per heavy atom. The van der Waals surface area contributed by atoms with Crippen molar-refractivity contribution in [2.45, 2.75) is 27.2 Å². The van der Waals surface area contributed by atoms with Gasteiger partial charge in [0.2, 0.25) is 0 Å². The van der Waals surface area contributed by atoms with E-state index in [2.05, 4.69) is 20.8 Å². The van der Waals surface area contributed by atoms with Gasteiger partial charge in [-0.05, 0) is 29.5 Å². The third kappa shape index (κ3) is 3.27. The Morgan fingerprint density at radius 3 is 2.47 bits per heavy atom. The molecular formula is C12H17NO2. The van der Waals surface area contributed by atoms with Crippen LogP contribution in [-0.2, 0) is 6.42 Å². The van der Waals surface area contributed by atoms with Gasteiger partial charge in [-0.3, -0.25) is 0 Å². The highest BCUT2D eigenvalue weighted by Crippen LogP contribution is 2.23. The molecule has 0 unspecified atom stereocenters. The first-order valence-electron chi connectivity index (χ1n) is 4.91. The van der Waals surface area contributed by atoms with E-state index in [0.717, 1.165) is 12.0 Å². The summed E-state index contributed by atoms with van der Waals surface area (Å²) in [6, 6.07) is 5.19. The number of nitrogens with two attached hydrogens (primary N) is 1. The van der Waals surface area contributed by atoms with E-state index in [1.54, 1.807) is 12.1 Å². The molecule has 0 atom stereocenters. The van der Waals surface area contributed by atoms with E-state index in [1.165, 1.54) is 0 Å². The van der Waals surface area contributed by atoms with Crippen molar-refractivity contribution < 1.29 is 9.90 Å². The van der Waals surface area contributed by atoms with E-state index in [9.17, 15) is 4.79 Å². The highest BCUT2D eigenvalue weighted by molar-refractivity contribution is 5.93. The molecule has 0 aliphatic carbocycles. The zero-order valence-electron chi connectivity index (χ0n) is 9.37. The van der Waals surface area contributed by atoms with Crippen LogP contribution in [0.3, 0.4) is 0 Å². The maximum absolute atomic E-state index is 10.9. The van der Waals surface area contributed by atoms with Gasteiger partial charge in [-0.25, -0.2) is 4.79 Å². The van der Waals surface area contributed by atoms with E-state index >= 15 is 0 Å². The molecule has 0 aromatic heterocycles. The number of anilines is 1. The van der Waals surface area contributed by atoms with Crippen LogP contribution in [0.2, 0.25) is 0 Å². The summed E-state index contributed by atoms with van der Waals surface area (Å²) < 4.78 is 0. The molecule has 3 heteroatoms. The van der Waals surface area contributed by atoms with Crippen molar-refractivity contribution in [1.82, 2.24) is 0 Å². The van der Waals surface area contributed by atoms with Crippen LogP contribution >= 0.6 is 0 Å². The average molecular weight is 207 g/mol. The molecule has 0 aliphatic rings. The predicted molar refractivity (Wildman–Crippen MR) is 61.0 cm³/mol. The fourth-order valence-electron chi connectivity index (χ4n) is 1.51. The van der Waals surface area contributed by atoms with Gasteiger partial charge in [0, 0.05) is 5.69 Å². The van der Waals surface area contributed by atoms with Crippen LogP contribution in [0.4, 0.5) is 5.69 Å². The third-order valence-electron chi connectivity index (χ3n) is 2.08. The van der Waals surface area contributed by atoms with Crippen LogP contribution in [-0.4, -0.2) is 11.1 Å². The molecule has 15 heavy (non-hydrogen) atoms. The van der Waals surface area contributed by atoms with Crippen LogP contribution < -0.4 is 5.73 Å². The molecule has 3 nitrogen and oxygen atoms in total. The Hall–Kier alpha value is -1.51. The van der Waals surface area contributed by atoms with E-state index in [1.807, 2.05) is 6.07 Å². The van der Waals surface area contributed by atoms with Crippen LogP contribution in [0.1, 0.15) is 36.7 Å². The van der Waals surface area contributed by atoms with Gasteiger partial charge in [0.15, 0.2) is 0 Å². The molecule has 82 valence electrons. The summed E-state index contributed by atoms with van der Waals surface area (Å²) in [6.07, 6.45) is 0.841. The number of carboxylic acids is 1. The lowest BCUT2D eigenvalue weighted by atomic mass is 9.87. The molecule has 0 radical (unpaired) electrons. The monoisotopic (exact) mass is 207 g/mol. The van der Waals surface area contributed by atoms with Crippen molar-refractivity contribution in [1.29, 1.82) is 0 Å². The second kappa shape index (κ2) is 3.93. The normalized spacial score (nSPS) is 11.4. The standard InChI is InChI=1S/C12H17NO2/c1-12(2,3)7-8-4-5-10(13)9(6-8)11(14)15/h4-6H,7,13H2,1-3H3,(H,14,15). The van der Waals surface area contributed by atoms with Gasteiger partial charge < -0.3 is 10.8 Å². The Bertz CT molecular complexity index is 378. The van der Waals surface area contributed by atoms with Crippen LogP contribution in [0.25, 0.3) is 0 Å². The summed E-state index contributed by atoms with van der Waals surface area (Å²) in [5, 5.41) is 8.91. The van der Waals surface area contributed by atoms with Crippen molar-refractivity contribution >= 4 is 11.7 Å². The maximum Gasteiger partial charge on any atom is 0.337 e. The molecule has 1 aromatic carbocycles. The van der Waals surface area contributed by atoms with Gasteiger partial charge in [0.05, 0.1) is 5.56 Å². The van der Waals surface area contributed by atoms with Crippen molar-refractivity contribution in [3.05, 3.63) is 29.3 Å². The molecule has 0 saturated heterocycles. The number of carbonyl (C=O) groups is 1. The molecular weight excluding hydrogens is 190 g/mol. The summed E-state index contributed by atoms with van der Waals surface area (Å²) in [4.78, 5) is 10.9. The van der Waals surface area contributed by atoms with Gasteiger partial charge in [-0.15, -0.1) is 0 Å². The summed E-state index contributed by atoms with van der Waals surface area (Å²) in [5.41, 5.74) is 7.24. The first-order valence-corrected chi connectivity index (χ1v) is 4.91. The maximum atomic E-state index is 10.9. The zero-order chi connectivity index (χ0) is 11.6. The third-order valence-corrected chi connectivity index (χ3v) is 2.08. The smallest absolute Gasteiger partial charge is 0.337 e. The van der Waals surface area contributed by atoms with Crippen LogP contribution in [0, 0.1) is 5.41 Å². The Balaban J connectivity index is 3.03. The van der Waals surface area contributed by atoms with Crippen molar-refractivity contribution in [3.8, 4) is 0 Å². The van der Waals surface area contributed by atoms with Crippen LogP contribution in [0.5, 0.6) is 0 Å². The number of hydrogen-bond donors (Lipinski definition) is 2. The number of hydrogen-bond acceptors (Lipinski definition) is 2. The minimum Gasteiger partial charge on any atom is -0.478 e. The molecule has 0 aliphatic heterocycles.